The second kappa shape index (κ2) is 9.34. The number of ether oxygens (including phenoxy) is 1. The molecule has 0 aliphatic carbocycles. The molecule has 0 bridgehead atoms. The minimum absolute atomic E-state index is 0.106. The first-order valence-corrected chi connectivity index (χ1v) is 11.3. The number of hydrogen-bond donors (Lipinski definition) is 1. The molecule has 2 rings (SSSR count). The molecule has 0 spiro atoms. The number of hydrogen-bond acceptors (Lipinski definition) is 4. The normalized spacial score (nSPS) is 17.8. The van der Waals surface area contributed by atoms with Gasteiger partial charge in [0, 0.05) is 13.1 Å². The molecule has 1 fully saturated rings. The lowest BCUT2D eigenvalue weighted by atomic mass is 9.99. The van der Waals surface area contributed by atoms with E-state index in [1.54, 1.807) is 0 Å². The minimum atomic E-state index is -3.65. The largest absolute Gasteiger partial charge is 0.489 e. The maximum absolute atomic E-state index is 13.1. The van der Waals surface area contributed by atoms with Gasteiger partial charge in [-0.05, 0) is 59.3 Å². The van der Waals surface area contributed by atoms with Crippen LogP contribution in [0.15, 0.2) is 22.7 Å². The molecule has 9 heteroatoms. The highest BCUT2D eigenvalue weighted by atomic mass is 79.9. The molecule has 0 radical (unpaired) electrons. The Kier molecular flexibility index (Phi) is 7.64. The zero-order valence-electron chi connectivity index (χ0n) is 15.4. The lowest BCUT2D eigenvalue weighted by Gasteiger charge is -2.32. The summed E-state index contributed by atoms with van der Waals surface area (Å²) < 4.78 is 46.1. The van der Waals surface area contributed by atoms with Crippen LogP contribution in [0.3, 0.4) is 0 Å². The molecule has 152 valence electrons. The molecule has 1 aromatic rings. The Morgan fingerprint density at radius 2 is 2.00 bits per heavy atom. The van der Waals surface area contributed by atoms with Crippen molar-refractivity contribution < 1.29 is 27.4 Å². The van der Waals surface area contributed by atoms with Gasteiger partial charge in [-0.3, -0.25) is 4.79 Å². The Hall–Kier alpha value is -1.19. The summed E-state index contributed by atoms with van der Waals surface area (Å²) in [5, 5.41) is 9.30. The van der Waals surface area contributed by atoms with Gasteiger partial charge in [-0.25, -0.2) is 17.1 Å². The molecule has 0 unspecified atom stereocenters. The predicted molar refractivity (Wildman–Crippen MR) is 104 cm³/mol. The molecule has 0 amide bonds. The fourth-order valence-corrected chi connectivity index (χ4v) is 5.36. The molecule has 6 nitrogen and oxygen atoms in total. The molecule has 0 saturated carbocycles. The number of carbonyl (C=O) groups is 1. The van der Waals surface area contributed by atoms with Crippen LogP contribution in [0.2, 0.25) is 0 Å². The van der Waals surface area contributed by atoms with Gasteiger partial charge in [0.2, 0.25) is 10.0 Å². The zero-order chi connectivity index (χ0) is 20.2. The summed E-state index contributed by atoms with van der Waals surface area (Å²) >= 11 is 3.25. The molecular weight excluding hydrogens is 441 g/mol. The minimum Gasteiger partial charge on any atom is -0.489 e. The average molecular weight is 466 g/mol. The van der Waals surface area contributed by atoms with Crippen LogP contribution in [0.5, 0.6) is 5.75 Å². The first kappa shape index (κ1) is 22.1. The molecule has 27 heavy (non-hydrogen) atoms. The highest BCUT2D eigenvalue weighted by Gasteiger charge is 2.33. The molecule has 1 aromatic carbocycles. The summed E-state index contributed by atoms with van der Waals surface area (Å²) in [6, 6.07) is 4.15. The number of carboxylic acids is 1. The van der Waals surface area contributed by atoms with E-state index in [1.807, 2.05) is 13.8 Å². The fraction of sp³-hybridized carbons (Fsp3) is 0.611. The van der Waals surface area contributed by atoms with E-state index in [2.05, 4.69) is 15.9 Å². The van der Waals surface area contributed by atoms with Crippen molar-refractivity contribution in [2.45, 2.75) is 39.2 Å². The average Bonchev–Trinajstić information content (AvgIpc) is 2.56. The maximum atomic E-state index is 13.1. The maximum Gasteiger partial charge on any atom is 0.307 e. The van der Waals surface area contributed by atoms with E-state index in [1.165, 1.54) is 22.5 Å². The zero-order valence-corrected chi connectivity index (χ0v) is 17.8. The van der Waals surface area contributed by atoms with Crippen LogP contribution in [-0.2, 0) is 14.8 Å². The van der Waals surface area contributed by atoms with Crippen LogP contribution in [0.25, 0.3) is 0 Å². The van der Waals surface area contributed by atoms with Crippen molar-refractivity contribution in [3.8, 4) is 5.75 Å². The smallest absolute Gasteiger partial charge is 0.307 e. The molecule has 1 aliphatic heterocycles. The molecule has 1 saturated heterocycles. The van der Waals surface area contributed by atoms with E-state index in [-0.39, 0.29) is 36.7 Å². The molecule has 1 N–H and O–H groups in total. The second-order valence-corrected chi connectivity index (χ2v) is 10.1. The van der Waals surface area contributed by atoms with Gasteiger partial charge in [-0.15, -0.1) is 0 Å². The van der Waals surface area contributed by atoms with Gasteiger partial charge in [0.05, 0.1) is 16.1 Å². The number of aliphatic carboxylic acids is 1. The quantitative estimate of drug-likeness (QED) is 0.634. The van der Waals surface area contributed by atoms with E-state index in [0.717, 1.165) is 0 Å². The van der Waals surface area contributed by atoms with E-state index in [0.29, 0.717) is 29.5 Å². The molecule has 0 aromatic heterocycles. The van der Waals surface area contributed by atoms with E-state index in [9.17, 15) is 22.7 Å². The highest BCUT2D eigenvalue weighted by molar-refractivity contribution is 9.10. The number of sulfonamides is 1. The lowest BCUT2D eigenvalue weighted by molar-refractivity contribution is -0.141. The predicted octanol–water partition coefficient (Wildman–Crippen LogP) is 3.51. The summed E-state index contributed by atoms with van der Waals surface area (Å²) in [5.41, 5.74) is 0. The number of rotatable bonds is 8. The summed E-state index contributed by atoms with van der Waals surface area (Å²) in [6.07, 6.45) is 1.13. The van der Waals surface area contributed by atoms with Gasteiger partial charge in [-0.1, -0.05) is 13.8 Å². The van der Waals surface area contributed by atoms with Crippen molar-refractivity contribution >= 4 is 31.9 Å². The highest BCUT2D eigenvalue weighted by Crippen LogP contribution is 2.29. The van der Waals surface area contributed by atoms with Gasteiger partial charge in [0.1, 0.15) is 17.7 Å². The van der Waals surface area contributed by atoms with Crippen molar-refractivity contribution in [1.82, 2.24) is 4.31 Å². The van der Waals surface area contributed by atoms with E-state index in [4.69, 9.17) is 4.74 Å². The van der Waals surface area contributed by atoms with Crippen LogP contribution < -0.4 is 4.74 Å². The molecule has 1 heterocycles. The van der Waals surface area contributed by atoms with Crippen LogP contribution >= 0.6 is 15.9 Å². The Morgan fingerprint density at radius 3 is 2.52 bits per heavy atom. The third kappa shape index (κ3) is 6.43. The Morgan fingerprint density at radius 1 is 1.37 bits per heavy atom. The Bertz CT molecular complexity index is 763. The van der Waals surface area contributed by atoms with Gasteiger partial charge in [-0.2, -0.15) is 0 Å². The SMILES string of the molecule is CC(C)C[C@@H](CS(=O)(=O)N1CCC(Oc2ccc(F)cc2Br)CC1)C(=O)O. The van der Waals surface area contributed by atoms with Gasteiger partial charge in [0.25, 0.3) is 0 Å². The van der Waals surface area contributed by atoms with Crippen molar-refractivity contribution in [3.63, 3.8) is 0 Å². The summed E-state index contributed by atoms with van der Waals surface area (Å²) in [7, 11) is -3.65. The Labute approximate surface area is 167 Å². The fourth-order valence-electron chi connectivity index (χ4n) is 3.15. The summed E-state index contributed by atoms with van der Waals surface area (Å²) in [6.45, 7) is 4.30. The number of piperidine rings is 1. The van der Waals surface area contributed by atoms with Gasteiger partial charge < -0.3 is 9.84 Å². The van der Waals surface area contributed by atoms with E-state index >= 15 is 0 Å². The number of nitrogens with zero attached hydrogens (tertiary/aromatic N) is 1. The van der Waals surface area contributed by atoms with Gasteiger partial charge >= 0.3 is 5.97 Å². The number of benzene rings is 1. The van der Waals surface area contributed by atoms with Crippen molar-refractivity contribution in [2.75, 3.05) is 18.8 Å². The molecular formula is C18H25BrFNO5S. The summed E-state index contributed by atoms with van der Waals surface area (Å²) in [4.78, 5) is 11.4. The first-order valence-electron chi connectivity index (χ1n) is 8.91. The van der Waals surface area contributed by atoms with Crippen molar-refractivity contribution in [2.24, 2.45) is 11.8 Å². The van der Waals surface area contributed by atoms with Crippen LogP contribution in [0.4, 0.5) is 4.39 Å². The van der Waals surface area contributed by atoms with Crippen molar-refractivity contribution in [1.29, 1.82) is 0 Å². The van der Waals surface area contributed by atoms with Gasteiger partial charge in [0.15, 0.2) is 0 Å². The Balaban J connectivity index is 1.94. The van der Waals surface area contributed by atoms with E-state index < -0.39 is 21.9 Å². The monoisotopic (exact) mass is 465 g/mol. The molecule has 1 aliphatic rings. The standard InChI is InChI=1S/C18H25BrFNO5S/c1-12(2)9-13(18(22)23)11-27(24,25)21-7-5-15(6-8-21)26-17-4-3-14(20)10-16(17)19/h3-4,10,12-13,15H,5-9,11H2,1-2H3,(H,22,23)/t13-/m0/s1. The van der Waals surface area contributed by atoms with Crippen LogP contribution in [-0.4, -0.2) is 48.7 Å². The van der Waals surface area contributed by atoms with Crippen LogP contribution in [0.1, 0.15) is 33.1 Å². The molecule has 1 atom stereocenters. The number of carboxylic acid groups (broad SMARTS) is 1. The van der Waals surface area contributed by atoms with Crippen molar-refractivity contribution in [3.05, 3.63) is 28.5 Å². The lowest BCUT2D eigenvalue weighted by Crippen LogP contribution is -2.44. The first-order chi connectivity index (χ1) is 12.6. The second-order valence-electron chi connectivity index (χ2n) is 7.23. The topological polar surface area (TPSA) is 83.9 Å². The number of halogens is 2. The third-order valence-electron chi connectivity index (χ3n) is 4.50. The summed E-state index contributed by atoms with van der Waals surface area (Å²) in [5.74, 6) is -2.11. The third-order valence-corrected chi connectivity index (χ3v) is 7.09. The van der Waals surface area contributed by atoms with Crippen LogP contribution in [0, 0.1) is 17.7 Å².